The Morgan fingerprint density at radius 1 is 0.519 bits per heavy atom. The van der Waals surface area contributed by atoms with Crippen LogP contribution in [0.15, 0.2) is 176 Å². The van der Waals surface area contributed by atoms with Crippen molar-refractivity contribution in [3.8, 4) is 61.7 Å². The van der Waals surface area contributed by atoms with Gasteiger partial charge in [-0.2, -0.15) is 0 Å². The summed E-state index contributed by atoms with van der Waals surface area (Å²) in [5, 5.41) is 2.16. The molecule has 3 heteroatoms. The molecule has 3 nitrogen and oxygen atoms in total. The van der Waals surface area contributed by atoms with Crippen LogP contribution in [0.25, 0.3) is 83.6 Å². The number of benzene rings is 7. The van der Waals surface area contributed by atoms with Gasteiger partial charge in [-0.1, -0.05) is 166 Å². The molecule has 0 spiro atoms. The van der Waals surface area contributed by atoms with Crippen molar-refractivity contribution in [2.75, 3.05) is 0 Å². The van der Waals surface area contributed by atoms with Crippen LogP contribution in [-0.2, 0) is 0 Å². The van der Waals surface area contributed by atoms with Crippen LogP contribution in [-0.4, -0.2) is 14.5 Å². The minimum absolute atomic E-state index is 0.491. The van der Waals surface area contributed by atoms with Crippen molar-refractivity contribution < 1.29 is 0 Å². The smallest absolute Gasteiger partial charge is 0.162 e. The van der Waals surface area contributed by atoms with E-state index in [1.54, 1.807) is 0 Å². The molecule has 1 atom stereocenters. The molecule has 9 aromatic rings. The maximum absolute atomic E-state index is 5.38. The highest BCUT2D eigenvalue weighted by Gasteiger charge is 2.22. The van der Waals surface area contributed by atoms with Crippen molar-refractivity contribution in [3.63, 3.8) is 0 Å². The maximum Gasteiger partial charge on any atom is 0.162 e. The van der Waals surface area contributed by atoms with Crippen LogP contribution in [0.2, 0.25) is 0 Å². The van der Waals surface area contributed by atoms with Gasteiger partial charge in [0.15, 0.2) is 5.82 Å². The van der Waals surface area contributed by atoms with E-state index in [1.807, 2.05) is 18.2 Å². The molecule has 0 aliphatic rings. The molecule has 2 aromatic heterocycles. The Morgan fingerprint density at radius 2 is 1.11 bits per heavy atom. The molecule has 2 heterocycles. The standard InChI is InChI=1S/C51H41N3/c1-4-34(2)42-23-14-15-24-45(42)44-26-16-25-43(35(44)3)37-27-29-38(30-28-37)49-48-46-33-40(36-17-8-5-9-18-36)31-32-47(46)54(41-21-12-7-13-22-41)51(48)53-50(52-49)39-19-10-6-11-20-39/h5-34H,4H2,1-3H3. The fourth-order valence-electron chi connectivity index (χ4n) is 7.92. The minimum Gasteiger partial charge on any atom is -0.294 e. The minimum atomic E-state index is 0.491. The molecule has 7 aromatic carbocycles. The predicted octanol–water partition coefficient (Wildman–Crippen LogP) is 13.7. The number of rotatable bonds is 8. The van der Waals surface area contributed by atoms with Crippen LogP contribution in [0.1, 0.15) is 37.3 Å². The van der Waals surface area contributed by atoms with Crippen molar-refractivity contribution >= 4 is 21.9 Å². The Kier molecular flexibility index (Phi) is 8.69. The van der Waals surface area contributed by atoms with E-state index in [2.05, 4.69) is 183 Å². The molecule has 260 valence electrons. The van der Waals surface area contributed by atoms with E-state index >= 15 is 0 Å². The van der Waals surface area contributed by atoms with Crippen molar-refractivity contribution in [1.29, 1.82) is 0 Å². The lowest BCUT2D eigenvalue weighted by Crippen LogP contribution is -1.99. The Labute approximate surface area is 317 Å². The summed E-state index contributed by atoms with van der Waals surface area (Å²) in [4.78, 5) is 10.7. The topological polar surface area (TPSA) is 30.7 Å². The predicted molar refractivity (Wildman–Crippen MR) is 227 cm³/mol. The SMILES string of the molecule is CCC(C)c1ccccc1-c1cccc(-c2ccc(-c3nc(-c4ccccc4)nc4c3c3cc(-c5ccccc5)ccc3n4-c3ccccc3)cc2)c1C. The molecule has 0 N–H and O–H groups in total. The summed E-state index contributed by atoms with van der Waals surface area (Å²) in [7, 11) is 0. The van der Waals surface area contributed by atoms with Crippen molar-refractivity contribution in [2.24, 2.45) is 0 Å². The molecule has 0 saturated heterocycles. The lowest BCUT2D eigenvalue weighted by molar-refractivity contribution is 0.735. The zero-order chi connectivity index (χ0) is 36.6. The molecule has 1 unspecified atom stereocenters. The van der Waals surface area contributed by atoms with E-state index < -0.39 is 0 Å². The normalized spacial score (nSPS) is 12.0. The first-order chi connectivity index (χ1) is 26.6. The first-order valence-corrected chi connectivity index (χ1v) is 18.9. The zero-order valence-corrected chi connectivity index (χ0v) is 30.9. The van der Waals surface area contributed by atoms with Gasteiger partial charge in [0.05, 0.1) is 16.6 Å². The molecule has 0 saturated carbocycles. The summed E-state index contributed by atoms with van der Waals surface area (Å²) in [6, 6.07) is 62.8. The van der Waals surface area contributed by atoms with Gasteiger partial charge < -0.3 is 0 Å². The lowest BCUT2D eigenvalue weighted by atomic mass is 9.86. The van der Waals surface area contributed by atoms with E-state index in [9.17, 15) is 0 Å². The Bertz CT molecular complexity index is 2750. The highest BCUT2D eigenvalue weighted by atomic mass is 15.1. The summed E-state index contributed by atoms with van der Waals surface area (Å²) in [6.45, 7) is 6.85. The van der Waals surface area contributed by atoms with E-state index in [0.29, 0.717) is 11.7 Å². The molecule has 0 bridgehead atoms. The molecule has 0 radical (unpaired) electrons. The number of para-hydroxylation sites is 1. The summed E-state index contributed by atoms with van der Waals surface area (Å²) in [6.07, 6.45) is 1.11. The van der Waals surface area contributed by atoms with Gasteiger partial charge >= 0.3 is 0 Å². The first kappa shape index (κ1) is 33.3. The van der Waals surface area contributed by atoms with Crippen molar-refractivity contribution in [2.45, 2.75) is 33.1 Å². The van der Waals surface area contributed by atoms with E-state index in [1.165, 1.54) is 38.9 Å². The second kappa shape index (κ2) is 14.1. The number of aromatic nitrogens is 3. The quantitative estimate of drug-likeness (QED) is 0.158. The molecule has 0 aliphatic carbocycles. The van der Waals surface area contributed by atoms with Gasteiger partial charge in [0.25, 0.3) is 0 Å². The fraction of sp³-hybridized carbons (Fsp3) is 0.0980. The largest absolute Gasteiger partial charge is 0.294 e. The molecule has 54 heavy (non-hydrogen) atoms. The third kappa shape index (κ3) is 5.88. The summed E-state index contributed by atoms with van der Waals surface area (Å²) < 4.78 is 2.29. The van der Waals surface area contributed by atoms with Gasteiger partial charge in [0, 0.05) is 22.2 Å². The van der Waals surface area contributed by atoms with Gasteiger partial charge in [-0.25, -0.2) is 9.97 Å². The second-order valence-corrected chi connectivity index (χ2v) is 14.2. The third-order valence-electron chi connectivity index (χ3n) is 11.0. The van der Waals surface area contributed by atoms with Crippen molar-refractivity contribution in [3.05, 3.63) is 187 Å². The lowest BCUT2D eigenvalue weighted by Gasteiger charge is -2.18. The van der Waals surface area contributed by atoms with Crippen LogP contribution >= 0.6 is 0 Å². The van der Waals surface area contributed by atoms with Crippen LogP contribution in [0.5, 0.6) is 0 Å². The number of hydrogen-bond donors (Lipinski definition) is 0. The van der Waals surface area contributed by atoms with Gasteiger partial charge in [-0.15, -0.1) is 0 Å². The molecular weight excluding hydrogens is 655 g/mol. The Hall–Kier alpha value is -6.58. The monoisotopic (exact) mass is 695 g/mol. The first-order valence-electron chi connectivity index (χ1n) is 18.9. The van der Waals surface area contributed by atoms with Crippen LogP contribution in [0, 0.1) is 6.92 Å². The summed E-state index contributed by atoms with van der Waals surface area (Å²) in [5.74, 6) is 1.19. The third-order valence-corrected chi connectivity index (χ3v) is 11.0. The molecule has 9 rings (SSSR count). The van der Waals surface area contributed by atoms with Crippen LogP contribution in [0.3, 0.4) is 0 Å². The van der Waals surface area contributed by atoms with Crippen LogP contribution in [0.4, 0.5) is 0 Å². The molecule has 0 fully saturated rings. The van der Waals surface area contributed by atoms with Gasteiger partial charge in [-0.3, -0.25) is 4.57 Å². The summed E-state index contributed by atoms with van der Waals surface area (Å²) >= 11 is 0. The van der Waals surface area contributed by atoms with E-state index in [-0.39, 0.29) is 0 Å². The molecular formula is C51H41N3. The van der Waals surface area contributed by atoms with E-state index in [4.69, 9.17) is 9.97 Å². The average molecular weight is 696 g/mol. The summed E-state index contributed by atoms with van der Waals surface area (Å²) in [5.41, 5.74) is 16.1. The number of fused-ring (bicyclic) bond motifs is 3. The highest BCUT2D eigenvalue weighted by molar-refractivity contribution is 6.15. The number of hydrogen-bond acceptors (Lipinski definition) is 2. The second-order valence-electron chi connectivity index (χ2n) is 14.2. The van der Waals surface area contributed by atoms with Crippen LogP contribution < -0.4 is 0 Å². The molecule has 0 amide bonds. The van der Waals surface area contributed by atoms with Crippen molar-refractivity contribution in [1.82, 2.24) is 14.5 Å². The average Bonchev–Trinajstić information content (AvgIpc) is 3.58. The maximum atomic E-state index is 5.38. The Balaban J connectivity index is 1.25. The number of nitrogens with zero attached hydrogens (tertiary/aromatic N) is 3. The highest BCUT2D eigenvalue weighted by Crippen LogP contribution is 2.41. The Morgan fingerprint density at radius 3 is 1.83 bits per heavy atom. The fourth-order valence-corrected chi connectivity index (χ4v) is 7.92. The van der Waals surface area contributed by atoms with Gasteiger partial charge in [0.2, 0.25) is 0 Å². The zero-order valence-electron chi connectivity index (χ0n) is 30.9. The van der Waals surface area contributed by atoms with E-state index in [0.717, 1.165) is 56.4 Å². The van der Waals surface area contributed by atoms with Gasteiger partial charge in [0.1, 0.15) is 5.65 Å². The molecule has 0 aliphatic heterocycles. The van der Waals surface area contributed by atoms with Gasteiger partial charge in [-0.05, 0) is 88.0 Å².